The summed E-state index contributed by atoms with van der Waals surface area (Å²) in [7, 11) is 0. The first kappa shape index (κ1) is 14.9. The van der Waals surface area contributed by atoms with E-state index in [1.807, 2.05) is 17.0 Å². The second kappa shape index (κ2) is 7.35. The number of rotatable bonds is 7. The second-order valence-corrected chi connectivity index (χ2v) is 4.67. The molecule has 2 N–H and O–H groups in total. The summed E-state index contributed by atoms with van der Waals surface area (Å²) in [6, 6.07) is 7.17. The molecule has 0 fully saturated rings. The van der Waals surface area contributed by atoms with E-state index in [2.05, 4.69) is 10.2 Å². The van der Waals surface area contributed by atoms with Crippen LogP contribution in [0.25, 0.3) is 11.5 Å². The van der Waals surface area contributed by atoms with Gasteiger partial charge in [0.2, 0.25) is 11.8 Å². The second-order valence-electron chi connectivity index (χ2n) is 4.23. The molecule has 2 aromatic rings. The normalized spacial score (nSPS) is 11.2. The molecule has 1 aromatic carbocycles. The van der Waals surface area contributed by atoms with E-state index < -0.39 is 0 Å². The van der Waals surface area contributed by atoms with Crippen molar-refractivity contribution < 1.29 is 14.6 Å². The lowest BCUT2D eigenvalue weighted by Gasteiger charge is -2.17. The van der Waals surface area contributed by atoms with E-state index in [1.54, 1.807) is 12.1 Å². The van der Waals surface area contributed by atoms with Crippen LogP contribution >= 0.6 is 11.6 Å². The summed E-state index contributed by atoms with van der Waals surface area (Å²) >= 11 is 5.91. The summed E-state index contributed by atoms with van der Waals surface area (Å²) in [6.07, 6.45) is 0. The summed E-state index contributed by atoms with van der Waals surface area (Å²) in [5.74, 6) is 0.831. The van der Waals surface area contributed by atoms with Crippen molar-refractivity contribution in [1.29, 1.82) is 0 Å². The molecule has 0 aliphatic heterocycles. The van der Waals surface area contributed by atoms with Crippen LogP contribution in [0.15, 0.2) is 28.7 Å². The first-order valence-corrected chi connectivity index (χ1v) is 6.63. The molecule has 0 radical (unpaired) electrons. The van der Waals surface area contributed by atoms with Crippen LogP contribution in [-0.4, -0.2) is 51.6 Å². The number of aliphatic hydroxyl groups excluding tert-OH is 2. The summed E-state index contributed by atoms with van der Waals surface area (Å²) in [4.78, 5) is 1.83. The molecule has 0 amide bonds. The van der Waals surface area contributed by atoms with E-state index in [0.717, 1.165) is 5.56 Å². The number of benzene rings is 1. The average Bonchev–Trinajstić information content (AvgIpc) is 2.88. The summed E-state index contributed by atoms with van der Waals surface area (Å²) in [6.45, 7) is 1.28. The monoisotopic (exact) mass is 297 g/mol. The predicted molar refractivity (Wildman–Crippen MR) is 74.2 cm³/mol. The molecule has 1 aromatic heterocycles. The van der Waals surface area contributed by atoms with E-state index in [9.17, 15) is 0 Å². The lowest BCUT2D eigenvalue weighted by molar-refractivity contribution is 0.147. The standard InChI is InChI=1S/C13H16ClN3O3/c14-11-3-1-2-10(8-11)13-16-15-12(20-13)9-17(4-6-18)5-7-19/h1-3,8,18-19H,4-7,9H2. The zero-order chi connectivity index (χ0) is 14.4. The summed E-state index contributed by atoms with van der Waals surface area (Å²) in [5, 5.41) is 26.4. The van der Waals surface area contributed by atoms with Gasteiger partial charge in [0, 0.05) is 23.7 Å². The number of halogens is 1. The third kappa shape index (κ3) is 4.01. The fraction of sp³-hybridized carbons (Fsp3) is 0.385. The van der Waals surface area contributed by atoms with Crippen molar-refractivity contribution in [3.63, 3.8) is 0 Å². The van der Waals surface area contributed by atoms with Crippen LogP contribution in [0.1, 0.15) is 5.89 Å². The molecule has 2 rings (SSSR count). The minimum Gasteiger partial charge on any atom is -0.419 e. The van der Waals surface area contributed by atoms with Gasteiger partial charge in [0.25, 0.3) is 0 Å². The Bertz CT molecular complexity index is 541. The van der Waals surface area contributed by atoms with E-state index in [4.69, 9.17) is 26.2 Å². The van der Waals surface area contributed by atoms with Crippen molar-refractivity contribution >= 4 is 11.6 Å². The maximum absolute atomic E-state index is 8.95. The molecule has 108 valence electrons. The minimum atomic E-state index is 0.00921. The van der Waals surface area contributed by atoms with Crippen LogP contribution < -0.4 is 0 Å². The Morgan fingerprint density at radius 3 is 2.55 bits per heavy atom. The Morgan fingerprint density at radius 1 is 1.15 bits per heavy atom. The Labute approximate surface area is 121 Å². The van der Waals surface area contributed by atoms with Gasteiger partial charge in [-0.3, -0.25) is 4.90 Å². The molecule has 0 atom stereocenters. The molecule has 6 nitrogen and oxygen atoms in total. The van der Waals surface area contributed by atoms with Crippen LogP contribution in [0.3, 0.4) is 0 Å². The number of hydrogen-bond donors (Lipinski definition) is 2. The van der Waals surface area contributed by atoms with Crippen LogP contribution in [0.4, 0.5) is 0 Å². The van der Waals surface area contributed by atoms with E-state index in [-0.39, 0.29) is 13.2 Å². The third-order valence-corrected chi connectivity index (χ3v) is 2.96. The number of nitrogens with zero attached hydrogens (tertiary/aromatic N) is 3. The lowest BCUT2D eigenvalue weighted by Crippen LogP contribution is -2.29. The van der Waals surface area contributed by atoms with Crippen molar-refractivity contribution in [2.24, 2.45) is 0 Å². The smallest absolute Gasteiger partial charge is 0.247 e. The largest absolute Gasteiger partial charge is 0.419 e. The highest BCUT2D eigenvalue weighted by Gasteiger charge is 2.12. The molecule has 0 spiro atoms. The SMILES string of the molecule is OCCN(CCO)Cc1nnc(-c2cccc(Cl)c2)o1. The van der Waals surface area contributed by atoms with Crippen LogP contribution in [0.5, 0.6) is 0 Å². The molecular weight excluding hydrogens is 282 g/mol. The molecule has 0 aliphatic carbocycles. The van der Waals surface area contributed by atoms with Crippen LogP contribution in [0.2, 0.25) is 5.02 Å². The molecule has 20 heavy (non-hydrogen) atoms. The van der Waals surface area contributed by atoms with Gasteiger partial charge in [-0.2, -0.15) is 0 Å². The van der Waals surface area contributed by atoms with Crippen LogP contribution in [-0.2, 0) is 6.54 Å². The number of aliphatic hydroxyl groups is 2. The molecular formula is C13H16ClN3O3. The molecule has 7 heteroatoms. The van der Waals surface area contributed by atoms with Gasteiger partial charge < -0.3 is 14.6 Å². The summed E-state index contributed by atoms with van der Waals surface area (Å²) < 4.78 is 5.56. The molecule has 0 bridgehead atoms. The Morgan fingerprint density at radius 2 is 1.90 bits per heavy atom. The quantitative estimate of drug-likeness (QED) is 0.798. The Hall–Kier alpha value is -1.47. The highest BCUT2D eigenvalue weighted by Crippen LogP contribution is 2.21. The zero-order valence-electron chi connectivity index (χ0n) is 10.9. The highest BCUT2D eigenvalue weighted by atomic mass is 35.5. The van der Waals surface area contributed by atoms with Crippen molar-refractivity contribution in [2.75, 3.05) is 26.3 Å². The fourth-order valence-corrected chi connectivity index (χ4v) is 1.99. The maximum Gasteiger partial charge on any atom is 0.247 e. The fourth-order valence-electron chi connectivity index (χ4n) is 1.80. The van der Waals surface area contributed by atoms with Gasteiger partial charge in [-0.15, -0.1) is 10.2 Å². The summed E-state index contributed by atoms with van der Waals surface area (Å²) in [5.41, 5.74) is 0.757. The molecule has 0 unspecified atom stereocenters. The Kier molecular flexibility index (Phi) is 5.49. The minimum absolute atomic E-state index is 0.00921. The highest BCUT2D eigenvalue weighted by molar-refractivity contribution is 6.30. The van der Waals surface area contributed by atoms with Crippen molar-refractivity contribution in [2.45, 2.75) is 6.54 Å². The molecule has 1 heterocycles. The van der Waals surface area contributed by atoms with E-state index >= 15 is 0 Å². The topological polar surface area (TPSA) is 82.6 Å². The van der Waals surface area contributed by atoms with Crippen molar-refractivity contribution in [1.82, 2.24) is 15.1 Å². The molecule has 0 saturated carbocycles. The number of aromatic nitrogens is 2. The van der Waals surface area contributed by atoms with Gasteiger partial charge in [-0.05, 0) is 18.2 Å². The van der Waals surface area contributed by atoms with Gasteiger partial charge >= 0.3 is 0 Å². The Balaban J connectivity index is 2.08. The van der Waals surface area contributed by atoms with Gasteiger partial charge in [0.15, 0.2) is 0 Å². The van der Waals surface area contributed by atoms with E-state index in [0.29, 0.717) is 36.4 Å². The zero-order valence-corrected chi connectivity index (χ0v) is 11.6. The third-order valence-electron chi connectivity index (χ3n) is 2.73. The molecule has 0 saturated heterocycles. The van der Waals surface area contributed by atoms with Gasteiger partial charge in [0.05, 0.1) is 19.8 Å². The van der Waals surface area contributed by atoms with Gasteiger partial charge in [-0.1, -0.05) is 17.7 Å². The van der Waals surface area contributed by atoms with Crippen molar-refractivity contribution in [3.05, 3.63) is 35.2 Å². The maximum atomic E-state index is 8.95. The van der Waals surface area contributed by atoms with Crippen molar-refractivity contribution in [3.8, 4) is 11.5 Å². The van der Waals surface area contributed by atoms with E-state index in [1.165, 1.54) is 0 Å². The predicted octanol–water partition coefficient (Wildman–Crippen LogP) is 1.18. The first-order chi connectivity index (χ1) is 9.72. The number of hydrogen-bond acceptors (Lipinski definition) is 6. The van der Waals surface area contributed by atoms with Gasteiger partial charge in [0.1, 0.15) is 0 Å². The average molecular weight is 298 g/mol. The lowest BCUT2D eigenvalue weighted by atomic mass is 10.2. The first-order valence-electron chi connectivity index (χ1n) is 6.25. The van der Waals surface area contributed by atoms with Gasteiger partial charge in [-0.25, -0.2) is 0 Å². The molecule has 0 aliphatic rings. The van der Waals surface area contributed by atoms with Crippen LogP contribution in [0, 0.1) is 0 Å².